The number of hydrogen-bond acceptors (Lipinski definition) is 4. The van der Waals surface area contributed by atoms with Gasteiger partial charge >= 0.3 is 0 Å². The van der Waals surface area contributed by atoms with Crippen molar-refractivity contribution in [3.8, 4) is 0 Å². The van der Waals surface area contributed by atoms with E-state index in [9.17, 15) is 5.11 Å². The van der Waals surface area contributed by atoms with Crippen LogP contribution in [0.2, 0.25) is 0 Å². The van der Waals surface area contributed by atoms with E-state index in [0.29, 0.717) is 6.04 Å². The normalized spacial score (nSPS) is 28.5. The summed E-state index contributed by atoms with van der Waals surface area (Å²) in [5.74, 6) is 0. The molecule has 2 saturated heterocycles. The molecule has 0 aliphatic carbocycles. The largest absolute Gasteiger partial charge is 0.389 e. The topological polar surface area (TPSA) is 35.9 Å². The zero-order chi connectivity index (χ0) is 13.0. The van der Waals surface area contributed by atoms with E-state index in [-0.39, 0.29) is 0 Å². The van der Waals surface area contributed by atoms with E-state index in [1.807, 2.05) is 13.8 Å². The molecule has 0 aromatic heterocycles. The summed E-state index contributed by atoms with van der Waals surface area (Å²) in [5, 5.41) is 10.0. The molecule has 0 radical (unpaired) electrons. The Hall–Kier alpha value is -0.160. The second-order valence-corrected chi connectivity index (χ2v) is 6.35. The Morgan fingerprint density at radius 2 is 1.89 bits per heavy atom. The minimum absolute atomic E-state index is 0.583. The fraction of sp³-hybridized carbons (Fsp3) is 1.00. The first kappa shape index (κ1) is 14.3. The fourth-order valence-electron chi connectivity index (χ4n) is 3.05. The Labute approximate surface area is 111 Å². The van der Waals surface area contributed by atoms with E-state index in [4.69, 9.17) is 4.74 Å². The zero-order valence-electron chi connectivity index (χ0n) is 11.9. The monoisotopic (exact) mass is 256 g/mol. The van der Waals surface area contributed by atoms with Crippen molar-refractivity contribution in [1.29, 1.82) is 0 Å². The third kappa shape index (κ3) is 4.50. The summed E-state index contributed by atoms with van der Waals surface area (Å²) in [7, 11) is 0. The predicted octanol–water partition coefficient (Wildman–Crippen LogP) is 0.944. The van der Waals surface area contributed by atoms with Gasteiger partial charge in [0.25, 0.3) is 0 Å². The van der Waals surface area contributed by atoms with Crippen LogP contribution in [0, 0.1) is 0 Å². The van der Waals surface area contributed by atoms with Crippen LogP contribution in [0.1, 0.15) is 33.1 Å². The summed E-state index contributed by atoms with van der Waals surface area (Å²) in [4.78, 5) is 5.00. The molecule has 2 rings (SSSR count). The molecule has 0 saturated carbocycles. The highest BCUT2D eigenvalue weighted by Crippen LogP contribution is 2.20. The van der Waals surface area contributed by atoms with E-state index in [0.717, 1.165) is 45.9 Å². The van der Waals surface area contributed by atoms with E-state index >= 15 is 0 Å². The van der Waals surface area contributed by atoms with Gasteiger partial charge in [-0.2, -0.15) is 0 Å². The zero-order valence-corrected chi connectivity index (χ0v) is 11.9. The molecule has 4 heteroatoms. The smallest absolute Gasteiger partial charge is 0.0718 e. The Morgan fingerprint density at radius 3 is 2.56 bits per heavy atom. The van der Waals surface area contributed by atoms with Gasteiger partial charge in [0.2, 0.25) is 0 Å². The molecule has 2 fully saturated rings. The quantitative estimate of drug-likeness (QED) is 0.812. The predicted molar refractivity (Wildman–Crippen MR) is 72.8 cm³/mol. The lowest BCUT2D eigenvalue weighted by atomic mass is 9.98. The summed E-state index contributed by atoms with van der Waals surface area (Å²) in [6.45, 7) is 10.8. The van der Waals surface area contributed by atoms with Crippen LogP contribution in [0.15, 0.2) is 0 Å². The first-order valence-corrected chi connectivity index (χ1v) is 7.31. The molecule has 0 amide bonds. The molecule has 18 heavy (non-hydrogen) atoms. The molecule has 1 N–H and O–H groups in total. The van der Waals surface area contributed by atoms with Crippen molar-refractivity contribution in [3.05, 3.63) is 0 Å². The van der Waals surface area contributed by atoms with Crippen molar-refractivity contribution >= 4 is 0 Å². The maximum atomic E-state index is 10.0. The molecule has 2 heterocycles. The second-order valence-electron chi connectivity index (χ2n) is 6.35. The van der Waals surface area contributed by atoms with Crippen molar-refractivity contribution in [2.24, 2.45) is 0 Å². The van der Waals surface area contributed by atoms with Gasteiger partial charge < -0.3 is 9.84 Å². The molecular weight excluding hydrogens is 228 g/mol. The second kappa shape index (κ2) is 6.33. The molecule has 1 unspecified atom stereocenters. The standard InChI is InChI=1S/C14H28N2O2/c1-14(2,17)12-16-6-4-3-5-13(16)11-15-7-9-18-10-8-15/h13,17H,3-12H2,1-2H3. The highest BCUT2D eigenvalue weighted by Gasteiger charge is 2.28. The van der Waals surface area contributed by atoms with Gasteiger partial charge in [-0.05, 0) is 33.2 Å². The van der Waals surface area contributed by atoms with Crippen molar-refractivity contribution in [2.75, 3.05) is 45.9 Å². The lowest BCUT2D eigenvalue weighted by Gasteiger charge is -2.41. The third-order valence-corrected chi connectivity index (χ3v) is 3.91. The van der Waals surface area contributed by atoms with Gasteiger partial charge in [-0.15, -0.1) is 0 Å². The Kier molecular flexibility index (Phi) is 5.01. The number of aliphatic hydroxyl groups is 1. The maximum absolute atomic E-state index is 10.0. The minimum Gasteiger partial charge on any atom is -0.389 e. The molecule has 0 bridgehead atoms. The van der Waals surface area contributed by atoms with Gasteiger partial charge in [-0.25, -0.2) is 0 Å². The molecule has 2 aliphatic heterocycles. The first-order chi connectivity index (χ1) is 8.54. The van der Waals surface area contributed by atoms with Gasteiger partial charge in [0, 0.05) is 32.2 Å². The Bertz CT molecular complexity index is 247. The van der Waals surface area contributed by atoms with Crippen LogP contribution in [0.25, 0.3) is 0 Å². The molecule has 2 aliphatic rings. The molecule has 1 atom stereocenters. The highest BCUT2D eigenvalue weighted by molar-refractivity contribution is 4.84. The van der Waals surface area contributed by atoms with E-state index in [1.165, 1.54) is 19.3 Å². The van der Waals surface area contributed by atoms with E-state index in [1.54, 1.807) is 0 Å². The number of likely N-dealkylation sites (tertiary alicyclic amines) is 1. The molecule has 0 aromatic carbocycles. The van der Waals surface area contributed by atoms with Gasteiger partial charge in [0.15, 0.2) is 0 Å². The van der Waals surface area contributed by atoms with Gasteiger partial charge in [-0.3, -0.25) is 9.80 Å². The van der Waals surface area contributed by atoms with Crippen molar-refractivity contribution < 1.29 is 9.84 Å². The fourth-order valence-corrected chi connectivity index (χ4v) is 3.05. The summed E-state index contributed by atoms with van der Waals surface area (Å²) in [6.07, 6.45) is 3.88. The van der Waals surface area contributed by atoms with Crippen LogP contribution in [0.3, 0.4) is 0 Å². The third-order valence-electron chi connectivity index (χ3n) is 3.91. The number of morpholine rings is 1. The minimum atomic E-state index is -0.583. The van der Waals surface area contributed by atoms with Gasteiger partial charge in [0.1, 0.15) is 0 Å². The van der Waals surface area contributed by atoms with Crippen molar-refractivity contribution in [2.45, 2.75) is 44.8 Å². The number of nitrogens with zero attached hydrogens (tertiary/aromatic N) is 2. The summed E-state index contributed by atoms with van der Waals surface area (Å²) in [5.41, 5.74) is -0.583. The number of β-amino-alcohol motifs (C(OH)–C–C–N with tert-alkyl or cyclic N) is 1. The van der Waals surface area contributed by atoms with Gasteiger partial charge in [0.05, 0.1) is 18.8 Å². The van der Waals surface area contributed by atoms with Crippen molar-refractivity contribution in [1.82, 2.24) is 9.80 Å². The van der Waals surface area contributed by atoms with Crippen LogP contribution < -0.4 is 0 Å². The SMILES string of the molecule is CC(C)(O)CN1CCCCC1CN1CCOCC1. The molecule has 4 nitrogen and oxygen atoms in total. The molecule has 106 valence electrons. The molecular formula is C14H28N2O2. The number of ether oxygens (including phenoxy) is 1. The Balaban J connectivity index is 1.86. The van der Waals surface area contributed by atoms with Crippen molar-refractivity contribution in [3.63, 3.8) is 0 Å². The van der Waals surface area contributed by atoms with Gasteiger partial charge in [-0.1, -0.05) is 6.42 Å². The summed E-state index contributed by atoms with van der Waals surface area (Å²) >= 11 is 0. The highest BCUT2D eigenvalue weighted by atomic mass is 16.5. The molecule has 0 aromatic rings. The van der Waals surface area contributed by atoms with Crippen LogP contribution in [0.5, 0.6) is 0 Å². The van der Waals surface area contributed by atoms with Crippen LogP contribution in [-0.2, 0) is 4.74 Å². The average Bonchev–Trinajstić information content (AvgIpc) is 2.31. The van der Waals surface area contributed by atoms with Crippen LogP contribution in [0.4, 0.5) is 0 Å². The van der Waals surface area contributed by atoms with Crippen LogP contribution >= 0.6 is 0 Å². The van der Waals surface area contributed by atoms with Crippen LogP contribution in [-0.4, -0.2) is 72.5 Å². The first-order valence-electron chi connectivity index (χ1n) is 7.31. The number of rotatable bonds is 4. The van der Waals surface area contributed by atoms with E-state index < -0.39 is 5.60 Å². The Morgan fingerprint density at radius 1 is 1.17 bits per heavy atom. The number of hydrogen-bond donors (Lipinski definition) is 1. The lowest BCUT2D eigenvalue weighted by Crippen LogP contribution is -2.52. The average molecular weight is 256 g/mol. The molecule has 0 spiro atoms. The van der Waals surface area contributed by atoms with E-state index in [2.05, 4.69) is 9.80 Å². The number of piperidine rings is 1. The summed E-state index contributed by atoms with van der Waals surface area (Å²) in [6, 6.07) is 0.614. The maximum Gasteiger partial charge on any atom is 0.0718 e. The lowest BCUT2D eigenvalue weighted by molar-refractivity contribution is -0.0136. The summed E-state index contributed by atoms with van der Waals surface area (Å²) < 4.78 is 5.40.